The van der Waals surface area contributed by atoms with Crippen LogP contribution in [0.25, 0.3) is 0 Å². The van der Waals surface area contributed by atoms with E-state index in [4.69, 9.17) is 9.73 Å². The van der Waals surface area contributed by atoms with Crippen molar-refractivity contribution in [3.8, 4) is 0 Å². The lowest BCUT2D eigenvalue weighted by molar-refractivity contribution is 0.129. The molecule has 1 aromatic carbocycles. The molecule has 0 radical (unpaired) electrons. The minimum Gasteiger partial charge on any atom is -0.381 e. The molecule has 26 heavy (non-hydrogen) atoms. The average Bonchev–Trinajstić information content (AvgIpc) is 2.59. The van der Waals surface area contributed by atoms with Gasteiger partial charge in [-0.25, -0.2) is 4.99 Å². The van der Waals surface area contributed by atoms with Gasteiger partial charge in [-0.1, -0.05) is 37.6 Å². The molecule has 0 aliphatic rings. The molecular formula is C20H37IN4O. The Hall–Kier alpha value is -0.860. The molecule has 0 aliphatic carbocycles. The van der Waals surface area contributed by atoms with Crippen LogP contribution in [0.15, 0.2) is 29.3 Å². The van der Waals surface area contributed by atoms with E-state index in [9.17, 15) is 0 Å². The summed E-state index contributed by atoms with van der Waals surface area (Å²) in [6.07, 6.45) is 3.32. The second-order valence-electron chi connectivity index (χ2n) is 6.45. The summed E-state index contributed by atoms with van der Waals surface area (Å²) in [7, 11) is 4.18. The summed E-state index contributed by atoms with van der Waals surface area (Å²) in [4.78, 5) is 6.92. The van der Waals surface area contributed by atoms with Crippen molar-refractivity contribution in [2.45, 2.75) is 46.2 Å². The van der Waals surface area contributed by atoms with Crippen molar-refractivity contribution in [2.75, 3.05) is 40.4 Å². The first-order valence-corrected chi connectivity index (χ1v) is 9.48. The second-order valence-corrected chi connectivity index (χ2v) is 6.45. The van der Waals surface area contributed by atoms with Crippen molar-refractivity contribution >= 4 is 29.9 Å². The lowest BCUT2D eigenvalue weighted by Gasteiger charge is -2.14. The SMILES string of the molecule is CCCCOCCCNC(=NCc1ccccc1CN(C)C)NCC.I. The van der Waals surface area contributed by atoms with Crippen LogP contribution in [0.5, 0.6) is 0 Å². The van der Waals surface area contributed by atoms with E-state index < -0.39 is 0 Å². The number of nitrogens with one attached hydrogen (secondary N) is 2. The van der Waals surface area contributed by atoms with E-state index in [1.807, 2.05) is 0 Å². The normalized spacial score (nSPS) is 11.3. The molecule has 2 N–H and O–H groups in total. The fourth-order valence-corrected chi connectivity index (χ4v) is 2.44. The maximum Gasteiger partial charge on any atom is 0.191 e. The van der Waals surface area contributed by atoms with Gasteiger partial charge in [0, 0.05) is 32.8 Å². The predicted octanol–water partition coefficient (Wildman–Crippen LogP) is 3.63. The molecule has 0 heterocycles. The molecule has 0 amide bonds. The molecule has 0 spiro atoms. The predicted molar refractivity (Wildman–Crippen MR) is 122 cm³/mol. The van der Waals surface area contributed by atoms with Gasteiger partial charge in [0.2, 0.25) is 0 Å². The third-order valence-electron chi connectivity index (χ3n) is 3.76. The molecule has 0 aliphatic heterocycles. The molecule has 0 aromatic heterocycles. The van der Waals surface area contributed by atoms with Crippen LogP contribution in [0.2, 0.25) is 0 Å². The number of benzene rings is 1. The maximum atomic E-state index is 5.59. The molecule has 0 fully saturated rings. The quantitative estimate of drug-likeness (QED) is 0.209. The lowest BCUT2D eigenvalue weighted by atomic mass is 10.1. The van der Waals surface area contributed by atoms with E-state index in [-0.39, 0.29) is 24.0 Å². The van der Waals surface area contributed by atoms with Gasteiger partial charge >= 0.3 is 0 Å². The molecule has 0 unspecified atom stereocenters. The molecule has 6 heteroatoms. The zero-order valence-corrected chi connectivity index (χ0v) is 19.2. The number of rotatable bonds is 12. The summed E-state index contributed by atoms with van der Waals surface area (Å²) in [5, 5.41) is 6.70. The van der Waals surface area contributed by atoms with E-state index in [0.29, 0.717) is 6.54 Å². The van der Waals surface area contributed by atoms with Crippen LogP contribution in [-0.4, -0.2) is 51.3 Å². The van der Waals surface area contributed by atoms with Crippen LogP contribution in [0.3, 0.4) is 0 Å². The fourth-order valence-electron chi connectivity index (χ4n) is 2.44. The number of unbranched alkanes of at least 4 members (excludes halogenated alkanes) is 1. The van der Waals surface area contributed by atoms with Gasteiger partial charge in [-0.3, -0.25) is 0 Å². The topological polar surface area (TPSA) is 48.9 Å². The zero-order valence-electron chi connectivity index (χ0n) is 16.9. The van der Waals surface area contributed by atoms with E-state index in [0.717, 1.165) is 51.6 Å². The fraction of sp³-hybridized carbons (Fsp3) is 0.650. The first-order valence-electron chi connectivity index (χ1n) is 9.48. The summed E-state index contributed by atoms with van der Waals surface area (Å²) in [6, 6.07) is 8.51. The Balaban J connectivity index is 0.00000625. The highest BCUT2D eigenvalue weighted by molar-refractivity contribution is 14.0. The Bertz CT molecular complexity index is 494. The maximum absolute atomic E-state index is 5.59. The minimum atomic E-state index is 0. The standard InChI is InChI=1S/C20H36N4O.HI/c1-5-7-14-25-15-10-13-22-20(21-6-2)23-16-18-11-8-9-12-19(18)17-24(3)4;/h8-9,11-12H,5-7,10,13-17H2,1-4H3,(H2,21,22,23);1H. The molecule has 1 aromatic rings. The van der Waals surface area contributed by atoms with E-state index in [2.05, 4.69) is 67.7 Å². The smallest absolute Gasteiger partial charge is 0.191 e. The summed E-state index contributed by atoms with van der Waals surface area (Å²) < 4.78 is 5.59. The van der Waals surface area contributed by atoms with Crippen molar-refractivity contribution in [1.82, 2.24) is 15.5 Å². The van der Waals surface area contributed by atoms with Crippen molar-refractivity contribution in [2.24, 2.45) is 4.99 Å². The third-order valence-corrected chi connectivity index (χ3v) is 3.76. The third kappa shape index (κ3) is 11.7. The largest absolute Gasteiger partial charge is 0.381 e. The Labute approximate surface area is 177 Å². The Kier molecular flexibility index (Phi) is 15.8. The summed E-state index contributed by atoms with van der Waals surface area (Å²) in [5.74, 6) is 0.871. The highest BCUT2D eigenvalue weighted by Crippen LogP contribution is 2.11. The molecule has 0 saturated carbocycles. The Morgan fingerprint density at radius 2 is 1.73 bits per heavy atom. The minimum absolute atomic E-state index is 0. The van der Waals surface area contributed by atoms with Crippen LogP contribution < -0.4 is 10.6 Å². The van der Waals surface area contributed by atoms with Crippen molar-refractivity contribution in [3.05, 3.63) is 35.4 Å². The summed E-state index contributed by atoms with van der Waals surface area (Å²) in [6.45, 7) is 9.30. The number of ether oxygens (including phenoxy) is 1. The van der Waals surface area contributed by atoms with Gasteiger partial charge < -0.3 is 20.3 Å². The second kappa shape index (κ2) is 16.3. The summed E-state index contributed by atoms with van der Waals surface area (Å²) in [5.41, 5.74) is 2.60. The molecule has 1 rings (SSSR count). The van der Waals surface area contributed by atoms with Crippen molar-refractivity contribution in [3.63, 3.8) is 0 Å². The number of hydrogen-bond donors (Lipinski definition) is 2. The number of hydrogen-bond acceptors (Lipinski definition) is 3. The van der Waals surface area contributed by atoms with Crippen LogP contribution >= 0.6 is 24.0 Å². The molecule has 150 valence electrons. The molecule has 0 saturated heterocycles. The van der Waals surface area contributed by atoms with Crippen molar-refractivity contribution in [1.29, 1.82) is 0 Å². The number of nitrogens with zero attached hydrogens (tertiary/aromatic N) is 2. The van der Waals surface area contributed by atoms with Gasteiger partial charge in [0.15, 0.2) is 5.96 Å². The Morgan fingerprint density at radius 3 is 2.38 bits per heavy atom. The molecular weight excluding hydrogens is 439 g/mol. The highest BCUT2D eigenvalue weighted by Gasteiger charge is 2.03. The van der Waals surface area contributed by atoms with E-state index in [1.54, 1.807) is 0 Å². The van der Waals surface area contributed by atoms with Crippen LogP contribution in [0.4, 0.5) is 0 Å². The first-order chi connectivity index (χ1) is 12.2. The Morgan fingerprint density at radius 1 is 1.04 bits per heavy atom. The summed E-state index contributed by atoms with van der Waals surface area (Å²) >= 11 is 0. The van der Waals surface area contributed by atoms with Crippen molar-refractivity contribution < 1.29 is 4.74 Å². The number of guanidine groups is 1. The average molecular weight is 476 g/mol. The van der Waals surface area contributed by atoms with Gasteiger partial charge in [0.1, 0.15) is 0 Å². The number of halogens is 1. The monoisotopic (exact) mass is 476 g/mol. The van der Waals surface area contributed by atoms with Gasteiger partial charge in [-0.15, -0.1) is 24.0 Å². The van der Waals surface area contributed by atoms with E-state index >= 15 is 0 Å². The van der Waals surface area contributed by atoms with Gasteiger partial charge in [0.05, 0.1) is 6.54 Å². The first kappa shape index (κ1) is 25.1. The lowest BCUT2D eigenvalue weighted by Crippen LogP contribution is -2.38. The zero-order chi connectivity index (χ0) is 18.3. The molecule has 0 bridgehead atoms. The van der Waals surface area contributed by atoms with Crippen LogP contribution in [0, 0.1) is 0 Å². The molecule has 5 nitrogen and oxygen atoms in total. The van der Waals surface area contributed by atoms with Gasteiger partial charge in [0.25, 0.3) is 0 Å². The highest BCUT2D eigenvalue weighted by atomic mass is 127. The number of aliphatic imine (C=N–C) groups is 1. The van der Waals surface area contributed by atoms with E-state index in [1.165, 1.54) is 17.5 Å². The van der Waals surface area contributed by atoms with Crippen LogP contribution in [0.1, 0.15) is 44.2 Å². The van der Waals surface area contributed by atoms with Gasteiger partial charge in [-0.05, 0) is 45.0 Å². The van der Waals surface area contributed by atoms with Gasteiger partial charge in [-0.2, -0.15) is 0 Å². The van der Waals surface area contributed by atoms with Crippen LogP contribution in [-0.2, 0) is 17.8 Å². The molecule has 0 atom stereocenters.